The van der Waals surface area contributed by atoms with E-state index in [1.807, 2.05) is 0 Å². The summed E-state index contributed by atoms with van der Waals surface area (Å²) >= 11 is 3.46. The summed E-state index contributed by atoms with van der Waals surface area (Å²) in [6.45, 7) is 4.94. The second-order valence-corrected chi connectivity index (χ2v) is 9.12. The monoisotopic (exact) mass is 561 g/mol. The van der Waals surface area contributed by atoms with Crippen LogP contribution in [0.15, 0.2) is 35.3 Å². The number of carbonyl (C=O) groups is 3. The van der Waals surface area contributed by atoms with Crippen LogP contribution in [0.3, 0.4) is 0 Å². The molecule has 1 aliphatic heterocycles. The summed E-state index contributed by atoms with van der Waals surface area (Å²) < 4.78 is 0.606. The first-order chi connectivity index (χ1) is 17.1. The predicted octanol–water partition coefficient (Wildman–Crippen LogP) is 1.87. The number of hydrogen-bond acceptors (Lipinski definition) is 9. The standard InChI is InChI=1S/C23H28BrN7O5/c1-2-9-31-13(4-6-16-19(31)20(25)30-23(26)29-16)11-27-15-5-3-12(10-14(15)24)21(34)28-17(22(35)36)7-8-18(32)33/h2-3,5,10,13,17,27H,1,4,6-9,11H2,(H,28,34)(H,32,33)(H,35,36)(H4,25,26,29,30). The van der Waals surface area contributed by atoms with Crippen LogP contribution in [-0.2, 0) is 16.0 Å². The van der Waals surface area contributed by atoms with Gasteiger partial charge in [-0.05, 0) is 53.4 Å². The predicted molar refractivity (Wildman–Crippen MR) is 139 cm³/mol. The van der Waals surface area contributed by atoms with Crippen LogP contribution >= 0.6 is 15.9 Å². The molecule has 2 unspecified atom stereocenters. The molecule has 2 aromatic rings. The molecule has 0 saturated heterocycles. The van der Waals surface area contributed by atoms with Gasteiger partial charge in [0.25, 0.3) is 5.91 Å². The van der Waals surface area contributed by atoms with E-state index in [4.69, 9.17) is 16.6 Å². The second kappa shape index (κ2) is 11.7. The van der Waals surface area contributed by atoms with Crippen LogP contribution in [0.2, 0.25) is 0 Å². The average molecular weight is 562 g/mol. The first-order valence-electron chi connectivity index (χ1n) is 11.2. The molecule has 2 atom stereocenters. The van der Waals surface area contributed by atoms with E-state index in [0.717, 1.165) is 23.5 Å². The lowest BCUT2D eigenvalue weighted by molar-refractivity contribution is -0.140. The fourth-order valence-corrected chi connectivity index (χ4v) is 4.57. The van der Waals surface area contributed by atoms with Crippen molar-refractivity contribution in [3.63, 3.8) is 0 Å². The van der Waals surface area contributed by atoms with E-state index in [-0.39, 0.29) is 30.4 Å². The fourth-order valence-electron chi connectivity index (χ4n) is 4.06. The Morgan fingerprint density at radius 3 is 2.67 bits per heavy atom. The van der Waals surface area contributed by atoms with Gasteiger partial charge in [-0.3, -0.25) is 9.59 Å². The van der Waals surface area contributed by atoms with Gasteiger partial charge < -0.3 is 37.2 Å². The van der Waals surface area contributed by atoms with Crippen molar-refractivity contribution in [2.45, 2.75) is 37.8 Å². The maximum atomic E-state index is 12.5. The van der Waals surface area contributed by atoms with Gasteiger partial charge in [0.05, 0.1) is 5.69 Å². The van der Waals surface area contributed by atoms with Crippen LogP contribution in [-0.4, -0.2) is 63.2 Å². The van der Waals surface area contributed by atoms with Crippen molar-refractivity contribution < 1.29 is 24.6 Å². The van der Waals surface area contributed by atoms with Gasteiger partial charge >= 0.3 is 11.9 Å². The van der Waals surface area contributed by atoms with Gasteiger partial charge in [-0.2, -0.15) is 4.98 Å². The zero-order valence-electron chi connectivity index (χ0n) is 19.4. The van der Waals surface area contributed by atoms with Crippen LogP contribution in [0.5, 0.6) is 0 Å². The number of hydrogen-bond donors (Lipinski definition) is 6. The smallest absolute Gasteiger partial charge is 0.326 e. The van der Waals surface area contributed by atoms with Crippen molar-refractivity contribution in [3.05, 3.63) is 46.6 Å². The minimum absolute atomic E-state index is 0.0606. The van der Waals surface area contributed by atoms with Gasteiger partial charge in [-0.15, -0.1) is 6.58 Å². The van der Waals surface area contributed by atoms with E-state index >= 15 is 0 Å². The molecule has 1 amide bonds. The number of nitrogen functional groups attached to an aromatic ring is 2. The van der Waals surface area contributed by atoms with Gasteiger partial charge in [0.1, 0.15) is 11.7 Å². The quantitative estimate of drug-likeness (QED) is 0.219. The van der Waals surface area contributed by atoms with Crippen LogP contribution in [0.1, 0.15) is 35.3 Å². The van der Waals surface area contributed by atoms with Crippen molar-refractivity contribution in [2.75, 3.05) is 34.8 Å². The number of nitrogens with zero attached hydrogens (tertiary/aromatic N) is 3. The fraction of sp³-hybridized carbons (Fsp3) is 0.348. The zero-order valence-corrected chi connectivity index (χ0v) is 21.0. The number of carbonyl (C=O) groups excluding carboxylic acids is 1. The molecule has 1 aromatic carbocycles. The van der Waals surface area contributed by atoms with Crippen LogP contribution < -0.4 is 27.0 Å². The average Bonchev–Trinajstić information content (AvgIpc) is 2.81. The van der Waals surface area contributed by atoms with Crippen LogP contribution in [0, 0.1) is 0 Å². The summed E-state index contributed by atoms with van der Waals surface area (Å²) in [6, 6.07) is 3.59. The largest absolute Gasteiger partial charge is 0.481 e. The highest BCUT2D eigenvalue weighted by molar-refractivity contribution is 9.10. The normalized spacial score (nSPS) is 15.5. The molecule has 1 aliphatic rings. The highest BCUT2D eigenvalue weighted by Crippen LogP contribution is 2.34. The molecule has 36 heavy (non-hydrogen) atoms. The van der Waals surface area contributed by atoms with Crippen molar-refractivity contribution in [3.8, 4) is 0 Å². The number of nitrogens with one attached hydrogen (secondary N) is 2. The maximum Gasteiger partial charge on any atom is 0.326 e. The van der Waals surface area contributed by atoms with Crippen LogP contribution in [0.4, 0.5) is 23.1 Å². The first-order valence-corrected chi connectivity index (χ1v) is 12.0. The molecule has 2 heterocycles. The summed E-state index contributed by atoms with van der Waals surface area (Å²) in [5.74, 6) is -2.58. The molecule has 8 N–H and O–H groups in total. The Morgan fingerprint density at radius 2 is 2.03 bits per heavy atom. The molecule has 13 heteroatoms. The van der Waals surface area contributed by atoms with Crippen molar-refractivity contribution in [2.24, 2.45) is 0 Å². The number of aromatic nitrogens is 2. The van der Waals surface area contributed by atoms with Crippen LogP contribution in [0.25, 0.3) is 0 Å². The highest BCUT2D eigenvalue weighted by atomic mass is 79.9. The molecular weight excluding hydrogens is 534 g/mol. The van der Waals surface area contributed by atoms with Gasteiger partial charge in [0, 0.05) is 41.3 Å². The summed E-state index contributed by atoms with van der Waals surface area (Å²) in [6.07, 6.45) is 2.69. The topological polar surface area (TPSA) is 197 Å². The summed E-state index contributed by atoms with van der Waals surface area (Å²) in [4.78, 5) is 45.2. The molecule has 0 spiro atoms. The number of aliphatic carboxylic acids is 2. The number of carboxylic acid groups (broad SMARTS) is 2. The van der Waals surface area contributed by atoms with Crippen molar-refractivity contribution >= 4 is 56.9 Å². The Hall–Kier alpha value is -3.87. The number of anilines is 4. The van der Waals surface area contributed by atoms with E-state index in [1.165, 1.54) is 0 Å². The number of halogens is 1. The molecule has 192 valence electrons. The van der Waals surface area contributed by atoms with Crippen molar-refractivity contribution in [1.29, 1.82) is 0 Å². The lowest BCUT2D eigenvalue weighted by atomic mass is 9.99. The zero-order chi connectivity index (χ0) is 26.4. The van der Waals surface area contributed by atoms with E-state index in [2.05, 4.69) is 48.0 Å². The van der Waals surface area contributed by atoms with Gasteiger partial charge in [0.2, 0.25) is 5.95 Å². The Bertz CT molecular complexity index is 1180. The van der Waals surface area contributed by atoms with Gasteiger partial charge in [-0.25, -0.2) is 9.78 Å². The lowest BCUT2D eigenvalue weighted by Gasteiger charge is -2.38. The number of fused-ring (bicyclic) bond motifs is 1. The second-order valence-electron chi connectivity index (χ2n) is 8.27. The van der Waals surface area contributed by atoms with E-state index in [0.29, 0.717) is 29.8 Å². The maximum absolute atomic E-state index is 12.5. The number of nitrogens with two attached hydrogens (primary N) is 2. The Kier molecular flexibility index (Phi) is 8.69. The molecular formula is C23H28BrN7O5. The molecule has 0 saturated carbocycles. The lowest BCUT2D eigenvalue weighted by Crippen LogP contribution is -2.44. The summed E-state index contributed by atoms with van der Waals surface area (Å²) in [5, 5.41) is 23.8. The molecule has 3 rings (SSSR count). The number of benzene rings is 1. The number of amides is 1. The molecule has 0 radical (unpaired) electrons. The third-order valence-corrected chi connectivity index (χ3v) is 6.43. The molecule has 1 aromatic heterocycles. The van der Waals surface area contributed by atoms with Crippen molar-refractivity contribution in [1.82, 2.24) is 15.3 Å². The Balaban J connectivity index is 1.69. The third-order valence-electron chi connectivity index (χ3n) is 5.78. The Morgan fingerprint density at radius 1 is 1.28 bits per heavy atom. The molecule has 0 fully saturated rings. The number of carboxylic acids is 2. The number of rotatable bonds is 11. The van der Waals surface area contributed by atoms with E-state index < -0.39 is 23.9 Å². The minimum atomic E-state index is -1.30. The minimum Gasteiger partial charge on any atom is -0.481 e. The molecule has 0 bridgehead atoms. The Labute approximate surface area is 215 Å². The van der Waals surface area contributed by atoms with E-state index in [1.54, 1.807) is 24.3 Å². The number of aryl methyl sites for hydroxylation is 1. The SMILES string of the molecule is C=CCN1c2c(N)nc(N)nc2CCC1CNc1ccc(C(=O)NC(CCC(=O)O)C(=O)O)cc1Br. The third kappa shape index (κ3) is 6.42. The molecule has 0 aliphatic carbocycles. The highest BCUT2D eigenvalue weighted by Gasteiger charge is 2.29. The van der Waals surface area contributed by atoms with Gasteiger partial charge in [0.15, 0.2) is 5.82 Å². The first kappa shape index (κ1) is 26.7. The van der Waals surface area contributed by atoms with Gasteiger partial charge in [-0.1, -0.05) is 6.08 Å². The molecule has 12 nitrogen and oxygen atoms in total. The summed E-state index contributed by atoms with van der Waals surface area (Å²) in [7, 11) is 0. The summed E-state index contributed by atoms with van der Waals surface area (Å²) in [5.41, 5.74) is 14.4. The van der Waals surface area contributed by atoms with E-state index in [9.17, 15) is 19.5 Å².